The lowest BCUT2D eigenvalue weighted by atomic mass is 10.1. The molecule has 0 bridgehead atoms. The van der Waals surface area contributed by atoms with Crippen LogP contribution in [0, 0.1) is 0 Å². The van der Waals surface area contributed by atoms with Gasteiger partial charge in [-0.15, -0.1) is 0 Å². The standard InChI is InChI=1S/C22H24N2O4S/c1-26-12-6-11-24-21(25)18(23-22(24)29)13-17-9-10-19(20(14-17)27-2)28-15-16-7-4-3-5-8-16/h3-5,7-10,13-14H,6,11-12,15H2,1-2H3,(H,23,29)/b18-13+. The maximum atomic E-state index is 12.6. The summed E-state index contributed by atoms with van der Waals surface area (Å²) in [5.74, 6) is 1.09. The summed E-state index contributed by atoms with van der Waals surface area (Å²) in [7, 11) is 3.22. The lowest BCUT2D eigenvalue weighted by Gasteiger charge is -2.13. The Morgan fingerprint density at radius 1 is 1.10 bits per heavy atom. The van der Waals surface area contributed by atoms with Crippen molar-refractivity contribution in [3.05, 3.63) is 65.4 Å². The van der Waals surface area contributed by atoms with E-state index in [4.69, 9.17) is 26.4 Å². The zero-order valence-electron chi connectivity index (χ0n) is 16.5. The van der Waals surface area contributed by atoms with Crippen LogP contribution in [-0.4, -0.2) is 43.3 Å². The van der Waals surface area contributed by atoms with Gasteiger partial charge < -0.3 is 19.5 Å². The summed E-state index contributed by atoms with van der Waals surface area (Å²) in [6.45, 7) is 1.54. The molecule has 0 spiro atoms. The van der Waals surface area contributed by atoms with Crippen LogP contribution < -0.4 is 14.8 Å². The number of thiocarbonyl (C=S) groups is 1. The van der Waals surface area contributed by atoms with Crippen molar-refractivity contribution in [3.63, 3.8) is 0 Å². The molecule has 1 aliphatic rings. The molecular weight excluding hydrogens is 388 g/mol. The molecule has 0 aliphatic carbocycles. The van der Waals surface area contributed by atoms with Crippen molar-refractivity contribution in [2.75, 3.05) is 27.4 Å². The Morgan fingerprint density at radius 2 is 1.90 bits per heavy atom. The number of hydrogen-bond acceptors (Lipinski definition) is 5. The molecule has 0 atom stereocenters. The van der Waals surface area contributed by atoms with Crippen molar-refractivity contribution in [1.29, 1.82) is 0 Å². The molecule has 0 unspecified atom stereocenters. The number of rotatable bonds is 9. The minimum Gasteiger partial charge on any atom is -0.493 e. The zero-order chi connectivity index (χ0) is 20.6. The molecule has 0 radical (unpaired) electrons. The number of carbonyl (C=O) groups is 1. The van der Waals surface area contributed by atoms with E-state index in [1.807, 2.05) is 48.5 Å². The summed E-state index contributed by atoms with van der Waals surface area (Å²) in [5, 5.41) is 3.39. The van der Waals surface area contributed by atoms with Crippen LogP contribution in [-0.2, 0) is 16.1 Å². The predicted molar refractivity (Wildman–Crippen MR) is 116 cm³/mol. The van der Waals surface area contributed by atoms with Gasteiger partial charge in [-0.1, -0.05) is 36.4 Å². The van der Waals surface area contributed by atoms with E-state index in [1.165, 1.54) is 0 Å². The van der Waals surface area contributed by atoms with E-state index < -0.39 is 0 Å². The monoisotopic (exact) mass is 412 g/mol. The summed E-state index contributed by atoms with van der Waals surface area (Å²) in [6, 6.07) is 15.5. The van der Waals surface area contributed by atoms with Crippen molar-refractivity contribution in [2.45, 2.75) is 13.0 Å². The SMILES string of the molecule is COCCCN1C(=O)/C(=C\c2ccc(OCc3ccccc3)c(OC)c2)NC1=S. The van der Waals surface area contributed by atoms with E-state index in [-0.39, 0.29) is 5.91 Å². The van der Waals surface area contributed by atoms with Crippen LogP contribution in [0.4, 0.5) is 0 Å². The summed E-state index contributed by atoms with van der Waals surface area (Å²) in [5.41, 5.74) is 2.32. The molecule has 152 valence electrons. The number of benzene rings is 2. The molecule has 7 heteroatoms. The van der Waals surface area contributed by atoms with Gasteiger partial charge in [0.05, 0.1) is 7.11 Å². The Morgan fingerprint density at radius 3 is 2.62 bits per heavy atom. The fraction of sp³-hybridized carbons (Fsp3) is 0.273. The van der Waals surface area contributed by atoms with Crippen LogP contribution in [0.5, 0.6) is 11.5 Å². The fourth-order valence-electron chi connectivity index (χ4n) is 2.94. The van der Waals surface area contributed by atoms with Gasteiger partial charge in [-0.3, -0.25) is 9.69 Å². The van der Waals surface area contributed by atoms with Crippen molar-refractivity contribution in [1.82, 2.24) is 10.2 Å². The number of amides is 1. The second kappa shape index (κ2) is 10.0. The minimum absolute atomic E-state index is 0.144. The van der Waals surface area contributed by atoms with Crippen LogP contribution in [0.15, 0.2) is 54.2 Å². The smallest absolute Gasteiger partial charge is 0.276 e. The normalized spacial score (nSPS) is 15.0. The highest BCUT2D eigenvalue weighted by Gasteiger charge is 2.30. The van der Waals surface area contributed by atoms with Gasteiger partial charge in [-0.25, -0.2) is 0 Å². The zero-order valence-corrected chi connectivity index (χ0v) is 17.3. The Hall–Kier alpha value is -2.90. The van der Waals surface area contributed by atoms with Crippen molar-refractivity contribution in [3.8, 4) is 11.5 Å². The molecule has 2 aromatic carbocycles. The topological polar surface area (TPSA) is 60.0 Å². The van der Waals surface area contributed by atoms with Gasteiger partial charge in [0, 0.05) is 20.3 Å². The van der Waals surface area contributed by atoms with Crippen LogP contribution in [0.3, 0.4) is 0 Å². The molecule has 1 heterocycles. The number of carbonyl (C=O) groups excluding carboxylic acids is 1. The van der Waals surface area contributed by atoms with Crippen molar-refractivity contribution < 1.29 is 19.0 Å². The first kappa shape index (κ1) is 20.8. The first-order chi connectivity index (χ1) is 14.1. The number of nitrogens with zero attached hydrogens (tertiary/aromatic N) is 1. The molecule has 6 nitrogen and oxygen atoms in total. The number of nitrogens with one attached hydrogen (secondary N) is 1. The predicted octanol–water partition coefficient (Wildman–Crippen LogP) is 3.37. The van der Waals surface area contributed by atoms with Gasteiger partial charge >= 0.3 is 0 Å². The van der Waals surface area contributed by atoms with E-state index in [0.29, 0.717) is 42.1 Å². The molecule has 1 amide bonds. The van der Waals surface area contributed by atoms with E-state index in [0.717, 1.165) is 17.5 Å². The second-order valence-electron chi connectivity index (χ2n) is 6.48. The van der Waals surface area contributed by atoms with Gasteiger partial charge in [0.15, 0.2) is 16.6 Å². The van der Waals surface area contributed by atoms with Crippen LogP contribution in [0.2, 0.25) is 0 Å². The maximum absolute atomic E-state index is 12.6. The summed E-state index contributed by atoms with van der Waals surface area (Å²) in [6.07, 6.45) is 2.48. The highest BCUT2D eigenvalue weighted by atomic mass is 32.1. The molecule has 29 heavy (non-hydrogen) atoms. The number of methoxy groups -OCH3 is 2. The highest BCUT2D eigenvalue weighted by Crippen LogP contribution is 2.30. The highest BCUT2D eigenvalue weighted by molar-refractivity contribution is 7.80. The van der Waals surface area contributed by atoms with Crippen molar-refractivity contribution in [2.24, 2.45) is 0 Å². The third kappa shape index (κ3) is 5.34. The number of hydrogen-bond donors (Lipinski definition) is 1. The maximum Gasteiger partial charge on any atom is 0.276 e. The Balaban J connectivity index is 1.71. The van der Waals surface area contributed by atoms with Crippen LogP contribution in [0.25, 0.3) is 6.08 Å². The summed E-state index contributed by atoms with van der Waals surface area (Å²) < 4.78 is 16.4. The largest absolute Gasteiger partial charge is 0.493 e. The first-order valence-electron chi connectivity index (χ1n) is 9.30. The molecule has 0 aromatic heterocycles. The fourth-order valence-corrected chi connectivity index (χ4v) is 3.22. The first-order valence-corrected chi connectivity index (χ1v) is 9.71. The van der Waals surface area contributed by atoms with Crippen LogP contribution in [0.1, 0.15) is 17.5 Å². The van der Waals surface area contributed by atoms with Crippen molar-refractivity contribution >= 4 is 29.3 Å². The van der Waals surface area contributed by atoms with E-state index in [1.54, 1.807) is 25.2 Å². The van der Waals surface area contributed by atoms with Gasteiger partial charge in [-0.2, -0.15) is 0 Å². The van der Waals surface area contributed by atoms with E-state index >= 15 is 0 Å². The van der Waals surface area contributed by atoms with Gasteiger partial charge in [0.25, 0.3) is 5.91 Å². The Kier molecular flexibility index (Phi) is 7.21. The molecule has 1 N–H and O–H groups in total. The lowest BCUT2D eigenvalue weighted by molar-refractivity contribution is -0.122. The second-order valence-corrected chi connectivity index (χ2v) is 6.86. The summed E-state index contributed by atoms with van der Waals surface area (Å²) >= 11 is 5.28. The molecule has 0 saturated carbocycles. The minimum atomic E-state index is -0.144. The number of ether oxygens (including phenoxy) is 3. The molecule has 1 saturated heterocycles. The third-order valence-corrected chi connectivity index (χ3v) is 4.75. The lowest BCUT2D eigenvalue weighted by Crippen LogP contribution is -2.32. The molecule has 2 aromatic rings. The van der Waals surface area contributed by atoms with Gasteiger partial charge in [-0.05, 0) is 48.0 Å². The van der Waals surface area contributed by atoms with E-state index in [9.17, 15) is 4.79 Å². The quantitative estimate of drug-likeness (QED) is 0.387. The molecule has 1 aliphatic heterocycles. The van der Waals surface area contributed by atoms with Crippen LogP contribution >= 0.6 is 12.2 Å². The summed E-state index contributed by atoms with van der Waals surface area (Å²) in [4.78, 5) is 14.2. The van der Waals surface area contributed by atoms with E-state index in [2.05, 4.69) is 5.32 Å². The van der Waals surface area contributed by atoms with Gasteiger partial charge in [0.2, 0.25) is 0 Å². The van der Waals surface area contributed by atoms with Gasteiger partial charge in [0.1, 0.15) is 12.3 Å². The molecule has 1 fully saturated rings. The average Bonchev–Trinajstić information content (AvgIpc) is 3.01. The Labute approximate surface area is 176 Å². The Bertz CT molecular complexity index is 899. The molecule has 3 rings (SSSR count). The average molecular weight is 413 g/mol. The molecular formula is C22H24N2O4S. The third-order valence-electron chi connectivity index (χ3n) is 4.43.